The molecule has 1 N–H and O–H groups in total. The number of halogens is 2. The molecule has 14 heavy (non-hydrogen) atoms. The monoisotopic (exact) mass is 234 g/mol. The standard InChI is InChI=1S/C10H12Cl2O2/c1-6(13)10(14-2)9-7(11)4-3-5-8(9)12/h3-6,10,13H,1-2H3. The largest absolute Gasteiger partial charge is 0.390 e. The number of ether oxygens (including phenoxy) is 1. The van der Waals surface area contributed by atoms with Gasteiger partial charge in [-0.05, 0) is 19.1 Å². The van der Waals surface area contributed by atoms with Gasteiger partial charge in [-0.25, -0.2) is 0 Å². The Balaban J connectivity index is 3.15. The third-order valence-corrected chi connectivity index (χ3v) is 2.64. The zero-order valence-electron chi connectivity index (χ0n) is 8.00. The minimum absolute atomic E-state index is 0.490. The van der Waals surface area contributed by atoms with E-state index in [2.05, 4.69) is 0 Å². The van der Waals surface area contributed by atoms with Gasteiger partial charge in [-0.15, -0.1) is 0 Å². The quantitative estimate of drug-likeness (QED) is 0.872. The van der Waals surface area contributed by atoms with Crippen molar-refractivity contribution < 1.29 is 9.84 Å². The Hall–Kier alpha value is -0.280. The zero-order chi connectivity index (χ0) is 10.7. The van der Waals surface area contributed by atoms with Crippen molar-refractivity contribution in [1.82, 2.24) is 0 Å². The minimum atomic E-state index is -0.655. The molecule has 0 fully saturated rings. The van der Waals surface area contributed by atoms with Gasteiger partial charge in [0.05, 0.1) is 6.10 Å². The highest BCUT2D eigenvalue weighted by atomic mass is 35.5. The lowest BCUT2D eigenvalue weighted by Crippen LogP contribution is -2.17. The molecule has 0 radical (unpaired) electrons. The molecule has 2 nitrogen and oxygen atoms in total. The first-order chi connectivity index (χ1) is 6.57. The minimum Gasteiger partial charge on any atom is -0.390 e. The van der Waals surface area contributed by atoms with Crippen LogP contribution < -0.4 is 0 Å². The van der Waals surface area contributed by atoms with Crippen LogP contribution in [0.4, 0.5) is 0 Å². The van der Waals surface area contributed by atoms with Crippen molar-refractivity contribution in [3.8, 4) is 0 Å². The molecule has 0 aliphatic rings. The number of aliphatic hydroxyl groups excluding tert-OH is 1. The van der Waals surface area contributed by atoms with Crippen LogP contribution in [0, 0.1) is 0 Å². The van der Waals surface area contributed by atoms with Crippen LogP contribution in [0.3, 0.4) is 0 Å². The van der Waals surface area contributed by atoms with Crippen LogP contribution in [0.5, 0.6) is 0 Å². The Labute approximate surface area is 93.4 Å². The molecule has 2 atom stereocenters. The summed E-state index contributed by atoms with van der Waals surface area (Å²) in [5, 5.41) is 10.5. The summed E-state index contributed by atoms with van der Waals surface area (Å²) in [6, 6.07) is 5.19. The second kappa shape index (κ2) is 4.99. The van der Waals surface area contributed by atoms with E-state index in [1.165, 1.54) is 7.11 Å². The average molecular weight is 235 g/mol. The van der Waals surface area contributed by atoms with Gasteiger partial charge in [0.2, 0.25) is 0 Å². The predicted octanol–water partition coefficient (Wildman–Crippen LogP) is 3.06. The third-order valence-electron chi connectivity index (χ3n) is 1.98. The predicted molar refractivity (Wildman–Crippen MR) is 57.9 cm³/mol. The summed E-state index contributed by atoms with van der Waals surface area (Å²) in [7, 11) is 1.51. The van der Waals surface area contributed by atoms with Gasteiger partial charge in [0.1, 0.15) is 6.10 Å². The van der Waals surface area contributed by atoms with E-state index in [0.29, 0.717) is 15.6 Å². The van der Waals surface area contributed by atoms with E-state index < -0.39 is 12.2 Å². The Kier molecular flexibility index (Phi) is 4.20. The number of hydrogen-bond acceptors (Lipinski definition) is 2. The number of rotatable bonds is 3. The van der Waals surface area contributed by atoms with E-state index in [1.807, 2.05) is 0 Å². The molecule has 0 saturated heterocycles. The van der Waals surface area contributed by atoms with Crippen LogP contribution >= 0.6 is 23.2 Å². The van der Waals surface area contributed by atoms with Gasteiger partial charge in [-0.2, -0.15) is 0 Å². The summed E-state index contributed by atoms with van der Waals surface area (Å²) in [6.07, 6.45) is -1.14. The third kappa shape index (κ3) is 2.39. The van der Waals surface area contributed by atoms with Crippen molar-refractivity contribution in [2.75, 3.05) is 7.11 Å². The number of hydrogen-bond donors (Lipinski definition) is 1. The van der Waals surface area contributed by atoms with Crippen molar-refractivity contribution in [2.24, 2.45) is 0 Å². The fourth-order valence-corrected chi connectivity index (χ4v) is 1.95. The van der Waals surface area contributed by atoms with Crippen molar-refractivity contribution in [3.63, 3.8) is 0 Å². The van der Waals surface area contributed by atoms with Gasteiger partial charge in [-0.1, -0.05) is 29.3 Å². The zero-order valence-corrected chi connectivity index (χ0v) is 9.51. The van der Waals surface area contributed by atoms with Gasteiger partial charge >= 0.3 is 0 Å². The van der Waals surface area contributed by atoms with Crippen molar-refractivity contribution in [3.05, 3.63) is 33.8 Å². The summed E-state index contributed by atoms with van der Waals surface area (Å²) in [6.45, 7) is 1.63. The summed E-state index contributed by atoms with van der Waals surface area (Å²) in [5.74, 6) is 0. The molecular weight excluding hydrogens is 223 g/mol. The van der Waals surface area contributed by atoms with E-state index in [4.69, 9.17) is 27.9 Å². The molecule has 0 heterocycles. The number of aliphatic hydroxyl groups is 1. The first-order valence-corrected chi connectivity index (χ1v) is 4.98. The Morgan fingerprint density at radius 1 is 1.29 bits per heavy atom. The first-order valence-electron chi connectivity index (χ1n) is 4.22. The molecule has 4 heteroatoms. The maximum atomic E-state index is 9.47. The van der Waals surface area contributed by atoms with E-state index in [0.717, 1.165) is 0 Å². The van der Waals surface area contributed by atoms with E-state index in [-0.39, 0.29) is 0 Å². The molecule has 0 amide bonds. The van der Waals surface area contributed by atoms with Crippen LogP contribution in [-0.2, 0) is 4.74 Å². The average Bonchev–Trinajstić information content (AvgIpc) is 2.10. The van der Waals surface area contributed by atoms with Gasteiger partial charge in [0.25, 0.3) is 0 Å². The maximum absolute atomic E-state index is 9.47. The summed E-state index contributed by atoms with van der Waals surface area (Å²) in [5.41, 5.74) is 0.633. The van der Waals surface area contributed by atoms with Crippen LogP contribution in [0.2, 0.25) is 10.0 Å². The van der Waals surface area contributed by atoms with Gasteiger partial charge < -0.3 is 9.84 Å². The molecular formula is C10H12Cl2O2. The smallest absolute Gasteiger partial charge is 0.111 e. The summed E-state index contributed by atoms with van der Waals surface area (Å²) < 4.78 is 5.14. The fraction of sp³-hybridized carbons (Fsp3) is 0.400. The summed E-state index contributed by atoms with van der Waals surface area (Å²) in [4.78, 5) is 0. The molecule has 1 rings (SSSR count). The highest BCUT2D eigenvalue weighted by Crippen LogP contribution is 2.33. The molecule has 0 spiro atoms. The van der Waals surface area contributed by atoms with Crippen LogP contribution in [0.15, 0.2) is 18.2 Å². The lowest BCUT2D eigenvalue weighted by molar-refractivity contribution is -0.00336. The van der Waals surface area contributed by atoms with Crippen LogP contribution in [-0.4, -0.2) is 18.3 Å². The maximum Gasteiger partial charge on any atom is 0.111 e. The molecule has 0 aliphatic carbocycles. The lowest BCUT2D eigenvalue weighted by atomic mass is 10.1. The van der Waals surface area contributed by atoms with Crippen molar-refractivity contribution >= 4 is 23.2 Å². The Morgan fingerprint density at radius 2 is 1.79 bits per heavy atom. The van der Waals surface area contributed by atoms with E-state index >= 15 is 0 Å². The number of benzene rings is 1. The molecule has 0 aromatic heterocycles. The molecule has 0 aliphatic heterocycles. The topological polar surface area (TPSA) is 29.5 Å². The number of methoxy groups -OCH3 is 1. The SMILES string of the molecule is COC(c1c(Cl)cccc1Cl)C(C)O. The molecule has 78 valence electrons. The molecule has 1 aromatic rings. The molecule has 0 bridgehead atoms. The van der Waals surface area contributed by atoms with Gasteiger partial charge in [0.15, 0.2) is 0 Å². The van der Waals surface area contributed by atoms with E-state index in [9.17, 15) is 5.11 Å². The Morgan fingerprint density at radius 3 is 2.14 bits per heavy atom. The van der Waals surface area contributed by atoms with Gasteiger partial charge in [0, 0.05) is 22.7 Å². The second-order valence-electron chi connectivity index (χ2n) is 3.03. The lowest BCUT2D eigenvalue weighted by Gasteiger charge is -2.20. The molecule has 2 unspecified atom stereocenters. The molecule has 0 saturated carbocycles. The van der Waals surface area contributed by atoms with Gasteiger partial charge in [-0.3, -0.25) is 0 Å². The van der Waals surface area contributed by atoms with Crippen LogP contribution in [0.25, 0.3) is 0 Å². The second-order valence-corrected chi connectivity index (χ2v) is 3.85. The first kappa shape index (κ1) is 11.8. The van der Waals surface area contributed by atoms with E-state index in [1.54, 1.807) is 25.1 Å². The summed E-state index contributed by atoms with van der Waals surface area (Å²) >= 11 is 11.9. The van der Waals surface area contributed by atoms with Crippen LogP contribution in [0.1, 0.15) is 18.6 Å². The Bertz CT molecular complexity index is 293. The normalized spacial score (nSPS) is 15.2. The highest BCUT2D eigenvalue weighted by molar-refractivity contribution is 6.36. The van der Waals surface area contributed by atoms with Crippen molar-refractivity contribution in [1.29, 1.82) is 0 Å². The fourth-order valence-electron chi connectivity index (χ4n) is 1.34. The van der Waals surface area contributed by atoms with Crippen molar-refractivity contribution in [2.45, 2.75) is 19.1 Å². The highest BCUT2D eigenvalue weighted by Gasteiger charge is 2.21. The molecule has 1 aromatic carbocycles.